The molecule has 224 valence electrons. The standard InChI is InChI=1S/C31H36N6O5Si/c1-4-40-43(41-5-2,42-6-3)20-12-19-33-31(39)24-14-11-15-25(21-24)34-35-27-22-23-13-7-8-16-26(23)29(30(27)38)37-36-28-17-9-10-18-32-28/h7-11,13-18,21-22,38H,4-6,12,19-20H2,1-3H3,(H,33,39). The molecule has 1 aromatic heterocycles. The average molecular weight is 601 g/mol. The van der Waals surface area contributed by atoms with Gasteiger partial charge in [-0.3, -0.25) is 4.79 Å². The molecular weight excluding hydrogens is 564 g/mol. The van der Waals surface area contributed by atoms with E-state index in [4.69, 9.17) is 13.3 Å². The largest absolute Gasteiger partial charge is 0.504 e. The van der Waals surface area contributed by atoms with Gasteiger partial charge in [0.2, 0.25) is 0 Å². The van der Waals surface area contributed by atoms with Crippen molar-refractivity contribution < 1.29 is 23.2 Å². The van der Waals surface area contributed by atoms with Gasteiger partial charge in [-0.05, 0) is 69.0 Å². The number of azo groups is 2. The predicted octanol–water partition coefficient (Wildman–Crippen LogP) is 7.94. The summed E-state index contributed by atoms with van der Waals surface area (Å²) in [6.07, 6.45) is 2.27. The molecule has 0 atom stereocenters. The van der Waals surface area contributed by atoms with E-state index in [2.05, 4.69) is 30.8 Å². The number of hydrogen-bond acceptors (Lipinski definition) is 10. The van der Waals surface area contributed by atoms with Gasteiger partial charge in [-0.1, -0.05) is 36.4 Å². The van der Waals surface area contributed by atoms with Gasteiger partial charge in [-0.25, -0.2) is 4.98 Å². The van der Waals surface area contributed by atoms with Crippen molar-refractivity contribution in [2.24, 2.45) is 20.5 Å². The zero-order chi connectivity index (χ0) is 30.5. The number of carbonyl (C=O) groups is 1. The number of nitrogens with one attached hydrogen (secondary N) is 1. The lowest BCUT2D eigenvalue weighted by Crippen LogP contribution is -2.46. The van der Waals surface area contributed by atoms with Crippen molar-refractivity contribution in [3.05, 3.63) is 84.6 Å². The number of aromatic nitrogens is 1. The molecule has 2 N–H and O–H groups in total. The molecule has 1 amide bonds. The maximum absolute atomic E-state index is 12.9. The summed E-state index contributed by atoms with van der Waals surface area (Å²) in [7, 11) is -2.76. The first kappa shape index (κ1) is 31.6. The zero-order valence-electron chi connectivity index (χ0n) is 24.6. The molecule has 0 bridgehead atoms. The maximum atomic E-state index is 12.9. The molecule has 43 heavy (non-hydrogen) atoms. The van der Waals surface area contributed by atoms with E-state index >= 15 is 0 Å². The summed E-state index contributed by atoms with van der Waals surface area (Å²) in [5.74, 6) is 0.00788. The van der Waals surface area contributed by atoms with Crippen LogP contribution in [-0.2, 0) is 13.3 Å². The van der Waals surface area contributed by atoms with Crippen LogP contribution in [0.1, 0.15) is 37.6 Å². The number of pyridine rings is 1. The molecule has 0 saturated heterocycles. The summed E-state index contributed by atoms with van der Waals surface area (Å²) in [6, 6.07) is 21.9. The average Bonchev–Trinajstić information content (AvgIpc) is 3.03. The van der Waals surface area contributed by atoms with Gasteiger partial charge in [0, 0.05) is 49.6 Å². The highest BCUT2D eigenvalue weighted by Gasteiger charge is 2.39. The molecule has 1 heterocycles. The molecule has 0 saturated carbocycles. The Balaban J connectivity index is 1.47. The van der Waals surface area contributed by atoms with Gasteiger partial charge in [0.1, 0.15) is 11.4 Å². The Morgan fingerprint density at radius 1 is 0.860 bits per heavy atom. The Hall–Kier alpha value is -4.36. The van der Waals surface area contributed by atoms with Gasteiger partial charge in [-0.15, -0.1) is 15.3 Å². The fourth-order valence-electron chi connectivity index (χ4n) is 4.43. The molecule has 0 unspecified atom stereocenters. The molecular formula is C31H36N6O5Si. The summed E-state index contributed by atoms with van der Waals surface area (Å²) in [6.45, 7) is 7.71. The number of benzene rings is 3. The lowest BCUT2D eigenvalue weighted by molar-refractivity contribution is 0.0705. The van der Waals surface area contributed by atoms with Crippen LogP contribution in [-0.4, -0.2) is 51.2 Å². The molecule has 4 aromatic rings. The van der Waals surface area contributed by atoms with E-state index in [0.717, 1.165) is 5.39 Å². The molecule has 3 aromatic carbocycles. The van der Waals surface area contributed by atoms with Crippen molar-refractivity contribution in [2.45, 2.75) is 33.2 Å². The fourth-order valence-corrected chi connectivity index (χ4v) is 7.04. The van der Waals surface area contributed by atoms with Crippen molar-refractivity contribution in [1.82, 2.24) is 10.3 Å². The van der Waals surface area contributed by atoms with Gasteiger partial charge in [-0.2, -0.15) is 5.11 Å². The van der Waals surface area contributed by atoms with Crippen LogP contribution < -0.4 is 5.32 Å². The van der Waals surface area contributed by atoms with Gasteiger partial charge >= 0.3 is 8.80 Å². The summed E-state index contributed by atoms with van der Waals surface area (Å²) in [5.41, 5.74) is 1.37. The first-order chi connectivity index (χ1) is 21.0. The van der Waals surface area contributed by atoms with E-state index in [-0.39, 0.29) is 23.0 Å². The minimum Gasteiger partial charge on any atom is -0.504 e. The third-order valence-electron chi connectivity index (χ3n) is 6.30. The number of amides is 1. The predicted molar refractivity (Wildman–Crippen MR) is 167 cm³/mol. The molecule has 0 fully saturated rings. The van der Waals surface area contributed by atoms with Crippen LogP contribution >= 0.6 is 0 Å². The quantitative estimate of drug-likeness (QED) is 0.0806. The SMILES string of the molecule is CCO[Si](CCCNC(=O)c1cccc(N=Nc2cc3ccccc3c(N=Nc3ccccn3)c2O)c1)(OCC)OCC. The third kappa shape index (κ3) is 8.58. The highest BCUT2D eigenvalue weighted by Crippen LogP contribution is 2.43. The number of hydrogen-bond donors (Lipinski definition) is 2. The number of aromatic hydroxyl groups is 1. The molecule has 0 aliphatic carbocycles. The summed E-state index contributed by atoms with van der Waals surface area (Å²) < 4.78 is 17.6. The van der Waals surface area contributed by atoms with Crippen molar-refractivity contribution in [1.29, 1.82) is 0 Å². The minimum absolute atomic E-state index is 0.165. The number of rotatable bonds is 15. The lowest BCUT2D eigenvalue weighted by atomic mass is 10.1. The highest BCUT2D eigenvalue weighted by molar-refractivity contribution is 6.60. The Labute approximate surface area is 252 Å². The number of carbonyl (C=O) groups excluding carboxylic acids is 1. The zero-order valence-corrected chi connectivity index (χ0v) is 25.6. The minimum atomic E-state index is -2.76. The number of fused-ring (bicyclic) bond motifs is 1. The topological polar surface area (TPSA) is 139 Å². The molecule has 11 nitrogen and oxygen atoms in total. The van der Waals surface area contributed by atoms with Crippen molar-refractivity contribution in [3.63, 3.8) is 0 Å². The Morgan fingerprint density at radius 3 is 2.33 bits per heavy atom. The number of phenolic OH excluding ortho intramolecular Hbond substituents is 1. The van der Waals surface area contributed by atoms with Gasteiger partial charge in [0.15, 0.2) is 11.6 Å². The highest BCUT2D eigenvalue weighted by atomic mass is 28.4. The molecule has 12 heteroatoms. The van der Waals surface area contributed by atoms with E-state index in [1.165, 1.54) is 0 Å². The van der Waals surface area contributed by atoms with Crippen LogP contribution in [0, 0.1) is 0 Å². The first-order valence-electron chi connectivity index (χ1n) is 14.3. The van der Waals surface area contributed by atoms with Gasteiger partial charge < -0.3 is 23.7 Å². The Kier molecular flexibility index (Phi) is 11.6. The molecule has 0 spiro atoms. The normalized spacial score (nSPS) is 12.0. The van der Waals surface area contributed by atoms with Crippen LogP contribution in [0.4, 0.5) is 22.9 Å². The summed E-state index contributed by atoms with van der Waals surface area (Å²) in [5, 5.41) is 32.5. The third-order valence-corrected chi connectivity index (χ3v) is 9.45. The second-order valence-electron chi connectivity index (χ2n) is 9.29. The molecule has 4 rings (SSSR count). The number of phenols is 1. The van der Waals surface area contributed by atoms with Crippen molar-refractivity contribution in [3.8, 4) is 5.75 Å². The van der Waals surface area contributed by atoms with Gasteiger partial charge in [0.05, 0.1) is 5.69 Å². The second-order valence-corrected chi connectivity index (χ2v) is 12.0. The molecule has 0 aliphatic heterocycles. The van der Waals surface area contributed by atoms with Crippen molar-refractivity contribution in [2.75, 3.05) is 26.4 Å². The van der Waals surface area contributed by atoms with Crippen molar-refractivity contribution >= 4 is 48.4 Å². The summed E-state index contributed by atoms with van der Waals surface area (Å²) in [4.78, 5) is 17.0. The maximum Gasteiger partial charge on any atom is 0.500 e. The monoisotopic (exact) mass is 600 g/mol. The van der Waals surface area contributed by atoms with E-state index in [1.807, 2.05) is 45.0 Å². The second kappa shape index (κ2) is 15.7. The fraction of sp³-hybridized carbons (Fsp3) is 0.290. The van der Waals surface area contributed by atoms with Crippen LogP contribution in [0.5, 0.6) is 5.75 Å². The lowest BCUT2D eigenvalue weighted by Gasteiger charge is -2.28. The molecule has 0 aliphatic rings. The van der Waals surface area contributed by atoms with Gasteiger partial charge in [0.25, 0.3) is 5.91 Å². The van der Waals surface area contributed by atoms with E-state index in [1.54, 1.807) is 54.7 Å². The smallest absolute Gasteiger partial charge is 0.500 e. The Morgan fingerprint density at radius 2 is 1.60 bits per heavy atom. The number of nitrogens with zero attached hydrogens (tertiary/aromatic N) is 5. The van der Waals surface area contributed by atoms with Crippen LogP contribution in [0.15, 0.2) is 99.5 Å². The van der Waals surface area contributed by atoms with E-state index in [0.29, 0.717) is 61.3 Å². The molecule has 0 radical (unpaired) electrons. The first-order valence-corrected chi connectivity index (χ1v) is 16.2. The van der Waals surface area contributed by atoms with E-state index < -0.39 is 8.80 Å². The Bertz CT molecular complexity index is 1550. The summed E-state index contributed by atoms with van der Waals surface area (Å²) >= 11 is 0. The van der Waals surface area contributed by atoms with Crippen LogP contribution in [0.3, 0.4) is 0 Å². The van der Waals surface area contributed by atoms with E-state index in [9.17, 15) is 9.90 Å². The van der Waals surface area contributed by atoms with Crippen LogP contribution in [0.2, 0.25) is 6.04 Å². The van der Waals surface area contributed by atoms with Crippen LogP contribution in [0.25, 0.3) is 10.8 Å².